The van der Waals surface area contributed by atoms with E-state index in [2.05, 4.69) is 12.2 Å². The molecule has 0 radical (unpaired) electrons. The van der Waals surface area contributed by atoms with Crippen LogP contribution in [-0.4, -0.2) is 18.4 Å². The summed E-state index contributed by atoms with van der Waals surface area (Å²) in [6.45, 7) is 4.66. The van der Waals surface area contributed by atoms with Crippen LogP contribution in [0.15, 0.2) is 0 Å². The first kappa shape index (κ1) is 9.72. The van der Waals surface area contributed by atoms with Crippen molar-refractivity contribution < 1.29 is 4.79 Å². The number of ketones is 1. The van der Waals surface area contributed by atoms with Crippen molar-refractivity contribution in [2.75, 3.05) is 6.54 Å². The Balaban J connectivity index is 2.45. The first-order chi connectivity index (χ1) is 5.75. The summed E-state index contributed by atoms with van der Waals surface area (Å²) >= 11 is 0. The lowest BCUT2D eigenvalue weighted by molar-refractivity contribution is -0.120. The Morgan fingerprint density at radius 1 is 1.50 bits per heavy atom. The van der Waals surface area contributed by atoms with Crippen LogP contribution in [0.25, 0.3) is 0 Å². The monoisotopic (exact) mass is 169 g/mol. The van der Waals surface area contributed by atoms with Crippen molar-refractivity contribution >= 4 is 5.78 Å². The van der Waals surface area contributed by atoms with Crippen molar-refractivity contribution in [1.29, 1.82) is 0 Å². The Morgan fingerprint density at radius 2 is 2.08 bits per heavy atom. The van der Waals surface area contributed by atoms with Crippen LogP contribution in [0.3, 0.4) is 0 Å². The van der Waals surface area contributed by atoms with E-state index in [0.717, 1.165) is 6.54 Å². The van der Waals surface area contributed by atoms with Crippen molar-refractivity contribution in [2.45, 2.75) is 45.6 Å². The molecule has 1 rings (SSSR count). The maximum Gasteiger partial charge on any atom is 0.146 e. The number of likely N-dealkylation sites (N-methyl/N-ethyl adjacent to an activating group) is 1. The van der Waals surface area contributed by atoms with Crippen LogP contribution in [-0.2, 0) is 4.79 Å². The fourth-order valence-electron chi connectivity index (χ4n) is 2.15. The molecular weight excluding hydrogens is 150 g/mol. The average Bonchev–Trinajstić information content (AvgIpc) is 2.51. The van der Waals surface area contributed by atoms with E-state index in [1.807, 2.05) is 0 Å². The van der Waals surface area contributed by atoms with Gasteiger partial charge < -0.3 is 5.32 Å². The Bertz CT molecular complexity index is 150. The molecule has 12 heavy (non-hydrogen) atoms. The van der Waals surface area contributed by atoms with Gasteiger partial charge >= 0.3 is 0 Å². The predicted octanol–water partition coefficient (Wildman–Crippen LogP) is 1.74. The lowest BCUT2D eigenvalue weighted by atomic mass is 9.95. The largest absolute Gasteiger partial charge is 0.308 e. The second kappa shape index (κ2) is 4.61. The minimum absolute atomic E-state index is 0.137. The lowest BCUT2D eigenvalue weighted by Crippen LogP contribution is -2.40. The van der Waals surface area contributed by atoms with Gasteiger partial charge in [-0.15, -0.1) is 0 Å². The van der Waals surface area contributed by atoms with Gasteiger partial charge in [-0.05, 0) is 32.2 Å². The third-order valence-electron chi connectivity index (χ3n) is 2.73. The van der Waals surface area contributed by atoms with Gasteiger partial charge in [-0.3, -0.25) is 4.79 Å². The molecule has 1 aliphatic rings. The number of nitrogens with one attached hydrogen (secondary N) is 1. The maximum atomic E-state index is 11.3. The molecule has 1 fully saturated rings. The first-order valence-corrected chi connectivity index (χ1v) is 4.99. The van der Waals surface area contributed by atoms with E-state index >= 15 is 0 Å². The van der Waals surface area contributed by atoms with Crippen molar-refractivity contribution in [1.82, 2.24) is 5.32 Å². The number of hydrogen-bond donors (Lipinski definition) is 1. The highest BCUT2D eigenvalue weighted by molar-refractivity contribution is 5.81. The highest BCUT2D eigenvalue weighted by atomic mass is 16.1. The second-order valence-electron chi connectivity index (χ2n) is 3.69. The van der Waals surface area contributed by atoms with Crippen molar-refractivity contribution in [3.63, 3.8) is 0 Å². The lowest BCUT2D eigenvalue weighted by Gasteiger charge is -2.21. The Kier molecular flexibility index (Phi) is 3.73. The third-order valence-corrected chi connectivity index (χ3v) is 2.73. The summed E-state index contributed by atoms with van der Waals surface area (Å²) in [5.74, 6) is 0.922. The van der Waals surface area contributed by atoms with E-state index in [9.17, 15) is 4.79 Å². The molecule has 2 heteroatoms. The summed E-state index contributed by atoms with van der Waals surface area (Å²) in [4.78, 5) is 11.3. The van der Waals surface area contributed by atoms with Gasteiger partial charge in [0.05, 0.1) is 6.04 Å². The molecule has 1 saturated carbocycles. The topological polar surface area (TPSA) is 29.1 Å². The van der Waals surface area contributed by atoms with Crippen LogP contribution < -0.4 is 5.32 Å². The Hall–Kier alpha value is -0.370. The number of carbonyl (C=O) groups excluding carboxylic acids is 1. The quantitative estimate of drug-likeness (QED) is 0.694. The van der Waals surface area contributed by atoms with Crippen LogP contribution in [0.4, 0.5) is 0 Å². The fourth-order valence-corrected chi connectivity index (χ4v) is 2.15. The molecular formula is C10H19NO. The van der Waals surface area contributed by atoms with E-state index in [1.165, 1.54) is 25.7 Å². The van der Waals surface area contributed by atoms with E-state index < -0.39 is 0 Å². The fraction of sp³-hybridized carbons (Fsp3) is 0.900. The van der Waals surface area contributed by atoms with Gasteiger partial charge in [0.15, 0.2) is 0 Å². The first-order valence-electron chi connectivity index (χ1n) is 4.99. The SMILES string of the molecule is CCN[C@H](C(C)=O)C1CCCC1. The van der Waals surface area contributed by atoms with Crippen molar-refractivity contribution in [2.24, 2.45) is 5.92 Å². The number of rotatable bonds is 4. The van der Waals surface area contributed by atoms with Gasteiger partial charge in [0, 0.05) is 0 Å². The van der Waals surface area contributed by atoms with Gasteiger partial charge in [-0.2, -0.15) is 0 Å². The van der Waals surface area contributed by atoms with Crippen LogP contribution >= 0.6 is 0 Å². The minimum Gasteiger partial charge on any atom is -0.308 e. The molecule has 1 atom stereocenters. The Morgan fingerprint density at radius 3 is 2.50 bits per heavy atom. The zero-order valence-electron chi connectivity index (χ0n) is 8.10. The van der Waals surface area contributed by atoms with Crippen LogP contribution in [0.1, 0.15) is 39.5 Å². The zero-order chi connectivity index (χ0) is 8.97. The molecule has 0 bridgehead atoms. The van der Waals surface area contributed by atoms with E-state index in [1.54, 1.807) is 6.92 Å². The number of carbonyl (C=O) groups is 1. The van der Waals surface area contributed by atoms with Gasteiger partial charge in [0.25, 0.3) is 0 Å². The maximum absolute atomic E-state index is 11.3. The van der Waals surface area contributed by atoms with Crippen molar-refractivity contribution in [3.8, 4) is 0 Å². The normalized spacial score (nSPS) is 21.2. The minimum atomic E-state index is 0.137. The van der Waals surface area contributed by atoms with Gasteiger partial charge in [0.1, 0.15) is 5.78 Å². The summed E-state index contributed by atoms with van der Waals surface area (Å²) in [6.07, 6.45) is 5.08. The van der Waals surface area contributed by atoms with Crippen LogP contribution in [0, 0.1) is 5.92 Å². The summed E-state index contributed by atoms with van der Waals surface area (Å²) in [5.41, 5.74) is 0. The van der Waals surface area contributed by atoms with Crippen LogP contribution in [0.5, 0.6) is 0 Å². The summed E-state index contributed by atoms with van der Waals surface area (Å²) in [6, 6.07) is 0.137. The summed E-state index contributed by atoms with van der Waals surface area (Å²) in [5, 5.41) is 3.27. The van der Waals surface area contributed by atoms with E-state index in [0.29, 0.717) is 11.7 Å². The second-order valence-corrected chi connectivity index (χ2v) is 3.69. The third kappa shape index (κ3) is 2.31. The molecule has 70 valence electrons. The van der Waals surface area contributed by atoms with Gasteiger partial charge in [0.2, 0.25) is 0 Å². The molecule has 0 aromatic heterocycles. The van der Waals surface area contributed by atoms with E-state index in [-0.39, 0.29) is 6.04 Å². The van der Waals surface area contributed by atoms with Crippen LogP contribution in [0.2, 0.25) is 0 Å². The molecule has 0 aromatic rings. The number of hydrogen-bond acceptors (Lipinski definition) is 2. The van der Waals surface area contributed by atoms with Gasteiger partial charge in [-0.1, -0.05) is 19.8 Å². The molecule has 0 heterocycles. The van der Waals surface area contributed by atoms with E-state index in [4.69, 9.17) is 0 Å². The summed E-state index contributed by atoms with van der Waals surface area (Å²) < 4.78 is 0. The molecule has 0 unspecified atom stereocenters. The molecule has 0 spiro atoms. The molecule has 1 aliphatic carbocycles. The average molecular weight is 169 g/mol. The molecule has 1 N–H and O–H groups in total. The molecule has 0 aliphatic heterocycles. The highest BCUT2D eigenvalue weighted by Crippen LogP contribution is 2.27. The molecule has 0 saturated heterocycles. The zero-order valence-corrected chi connectivity index (χ0v) is 8.10. The standard InChI is InChI=1S/C10H19NO/c1-3-11-10(8(2)12)9-6-4-5-7-9/h9-11H,3-7H2,1-2H3/t10-/m1/s1. The smallest absolute Gasteiger partial charge is 0.146 e. The van der Waals surface area contributed by atoms with Gasteiger partial charge in [-0.25, -0.2) is 0 Å². The Labute approximate surface area is 74.7 Å². The van der Waals surface area contributed by atoms with Crippen molar-refractivity contribution in [3.05, 3.63) is 0 Å². The predicted molar refractivity (Wildman–Crippen MR) is 50.1 cm³/mol. The summed E-state index contributed by atoms with van der Waals surface area (Å²) in [7, 11) is 0. The number of Topliss-reactive ketones (excluding diaryl/α,β-unsaturated/α-hetero) is 1. The molecule has 0 aromatic carbocycles. The molecule has 0 amide bonds. The highest BCUT2D eigenvalue weighted by Gasteiger charge is 2.26. The molecule has 2 nitrogen and oxygen atoms in total.